The van der Waals surface area contributed by atoms with E-state index >= 15 is 0 Å². The highest BCUT2D eigenvalue weighted by Crippen LogP contribution is 2.31. The summed E-state index contributed by atoms with van der Waals surface area (Å²) in [4.78, 5) is 9.56. The predicted molar refractivity (Wildman–Crippen MR) is 183 cm³/mol. The Morgan fingerprint density at radius 2 is 1.00 bits per heavy atom. The number of hydrogen-bond donors (Lipinski definition) is 0. The molecule has 0 bridgehead atoms. The lowest BCUT2D eigenvalue weighted by molar-refractivity contribution is -0.722. The smallest absolute Gasteiger partial charge is 0.241 e. The van der Waals surface area contributed by atoms with Crippen molar-refractivity contribution in [3.63, 3.8) is 0 Å². The fourth-order valence-corrected chi connectivity index (χ4v) is 6.67. The first-order valence-corrected chi connectivity index (χ1v) is 16.5. The minimum absolute atomic E-state index is 0.0176. The molecule has 0 saturated heterocycles. The van der Waals surface area contributed by atoms with Crippen LogP contribution in [0.5, 0.6) is 0 Å². The molecule has 5 rings (SSSR count). The first kappa shape index (κ1) is 32.5. The van der Waals surface area contributed by atoms with Crippen LogP contribution in [-0.4, -0.2) is 16.1 Å². The van der Waals surface area contributed by atoms with E-state index in [9.17, 15) is 13.2 Å². The molecule has 2 aromatic carbocycles. The molecule has 0 aliphatic carbocycles. The monoisotopic (exact) mass is 644 g/mol. The van der Waals surface area contributed by atoms with Gasteiger partial charge in [0.2, 0.25) is 17.9 Å². The van der Waals surface area contributed by atoms with Gasteiger partial charge in [0, 0.05) is 57.0 Å². The second kappa shape index (κ2) is 12.9. The SMILES string of the molecule is CC(C)(C)c1csc(-c2ccc(/C=C/c3cccc(/C=C/c4ccc(-c5nc(C(C)(C)C)cs5)cc4)[n+]3CC(F)(F)F)cc2)n1. The molecule has 0 aliphatic heterocycles. The zero-order valence-corrected chi connectivity index (χ0v) is 27.9. The largest absolute Gasteiger partial charge is 0.448 e. The molecule has 0 unspecified atom stereocenters. The van der Waals surface area contributed by atoms with E-state index in [1.54, 1.807) is 53.0 Å². The summed E-state index contributed by atoms with van der Waals surface area (Å²) in [6.45, 7) is 11.7. The molecule has 0 atom stereocenters. The highest BCUT2D eigenvalue weighted by molar-refractivity contribution is 7.13. The third kappa shape index (κ3) is 8.44. The molecule has 5 aromatic rings. The number of nitrogens with zero attached hydrogens (tertiary/aromatic N) is 3. The maximum atomic E-state index is 13.7. The lowest BCUT2D eigenvalue weighted by atomic mass is 9.93. The quantitative estimate of drug-likeness (QED) is 0.165. The number of benzene rings is 2. The normalized spacial score (nSPS) is 12.9. The average Bonchev–Trinajstić information content (AvgIpc) is 3.67. The average molecular weight is 645 g/mol. The molecule has 0 N–H and O–H groups in total. The Morgan fingerprint density at radius 1 is 0.600 bits per heavy atom. The number of thiazole rings is 2. The lowest BCUT2D eigenvalue weighted by Crippen LogP contribution is -2.46. The van der Waals surface area contributed by atoms with Crippen molar-refractivity contribution in [3.05, 3.63) is 111 Å². The fourth-order valence-electron chi connectivity index (χ4n) is 4.57. The Morgan fingerprint density at radius 3 is 1.33 bits per heavy atom. The van der Waals surface area contributed by atoms with Crippen molar-refractivity contribution in [2.75, 3.05) is 0 Å². The summed E-state index contributed by atoms with van der Waals surface area (Å²) in [6.07, 6.45) is 2.76. The summed E-state index contributed by atoms with van der Waals surface area (Å²) in [7, 11) is 0. The minimum Gasteiger partial charge on any atom is -0.241 e. The van der Waals surface area contributed by atoms with Crippen LogP contribution in [-0.2, 0) is 17.4 Å². The van der Waals surface area contributed by atoms with Crippen LogP contribution < -0.4 is 4.57 Å². The summed E-state index contributed by atoms with van der Waals surface area (Å²) in [6, 6.07) is 21.0. The Balaban J connectivity index is 1.36. The van der Waals surface area contributed by atoms with Gasteiger partial charge in [0.25, 0.3) is 0 Å². The Hall–Kier alpha value is -3.88. The Bertz CT molecular complexity index is 1690. The van der Waals surface area contributed by atoms with Crippen molar-refractivity contribution < 1.29 is 17.7 Å². The summed E-state index contributed by atoms with van der Waals surface area (Å²) in [5.74, 6) is 0. The van der Waals surface area contributed by atoms with E-state index in [1.165, 1.54) is 4.57 Å². The van der Waals surface area contributed by atoms with Gasteiger partial charge >= 0.3 is 6.18 Å². The van der Waals surface area contributed by atoms with Gasteiger partial charge in [-0.2, -0.15) is 17.7 Å². The highest BCUT2D eigenvalue weighted by atomic mass is 32.1. The predicted octanol–water partition coefficient (Wildman–Crippen LogP) is 10.7. The van der Waals surface area contributed by atoms with Crippen molar-refractivity contribution in [2.24, 2.45) is 0 Å². The third-order valence-corrected chi connectivity index (χ3v) is 9.03. The zero-order chi connectivity index (χ0) is 32.4. The van der Waals surface area contributed by atoms with E-state index in [4.69, 9.17) is 9.97 Å². The van der Waals surface area contributed by atoms with Crippen LogP contribution in [0.15, 0.2) is 77.5 Å². The van der Waals surface area contributed by atoms with Gasteiger partial charge in [0.05, 0.1) is 11.4 Å². The van der Waals surface area contributed by atoms with E-state index in [0.29, 0.717) is 11.4 Å². The molecule has 8 heteroatoms. The van der Waals surface area contributed by atoms with Gasteiger partial charge in [-0.1, -0.05) is 90.1 Å². The van der Waals surface area contributed by atoms with Crippen LogP contribution in [0.1, 0.15) is 75.4 Å². The van der Waals surface area contributed by atoms with Gasteiger partial charge in [0.1, 0.15) is 10.0 Å². The first-order valence-electron chi connectivity index (χ1n) is 14.7. The van der Waals surface area contributed by atoms with Crippen LogP contribution >= 0.6 is 22.7 Å². The maximum absolute atomic E-state index is 13.7. The van der Waals surface area contributed by atoms with Gasteiger partial charge in [-0.05, 0) is 29.3 Å². The molecule has 45 heavy (non-hydrogen) atoms. The zero-order valence-electron chi connectivity index (χ0n) is 26.3. The maximum Gasteiger partial charge on any atom is 0.448 e. The second-order valence-electron chi connectivity index (χ2n) is 13.1. The second-order valence-corrected chi connectivity index (χ2v) is 14.8. The van der Waals surface area contributed by atoms with Crippen LogP contribution in [0.3, 0.4) is 0 Å². The van der Waals surface area contributed by atoms with Crippen molar-refractivity contribution in [3.8, 4) is 21.1 Å². The summed E-state index contributed by atoms with van der Waals surface area (Å²) >= 11 is 3.22. The van der Waals surface area contributed by atoms with E-state index in [-0.39, 0.29) is 10.8 Å². The number of rotatable bonds is 7. The van der Waals surface area contributed by atoms with E-state index in [0.717, 1.165) is 43.7 Å². The molecule has 0 aliphatic rings. The molecule has 0 spiro atoms. The minimum atomic E-state index is -4.38. The molecule has 232 valence electrons. The number of pyridine rings is 1. The molecule has 0 fully saturated rings. The highest BCUT2D eigenvalue weighted by Gasteiger charge is 2.35. The van der Waals surface area contributed by atoms with E-state index in [2.05, 4.69) is 52.3 Å². The molecule has 3 heterocycles. The topological polar surface area (TPSA) is 29.7 Å². The Labute approximate surface area is 271 Å². The van der Waals surface area contributed by atoms with Crippen LogP contribution in [0.4, 0.5) is 13.2 Å². The summed E-state index contributed by atoms with van der Waals surface area (Å²) in [5, 5.41) is 6.07. The Kier molecular flexibility index (Phi) is 9.28. The van der Waals surface area contributed by atoms with Crippen molar-refractivity contribution in [2.45, 2.75) is 65.1 Å². The van der Waals surface area contributed by atoms with Crippen LogP contribution in [0.2, 0.25) is 0 Å². The standard InChI is InChI=1S/C37H37F3N3S2/c1-35(2,3)31-22-44-33(41-31)27-16-10-25(11-17-27)14-20-29-8-7-9-30(43(29)24-37(38,39)40)21-15-26-12-18-28(19-13-26)34-42-32(23-45-34)36(4,5)6/h7-23H,24H2,1-6H3/q+1/b20-14+,21-15+. The van der Waals surface area contributed by atoms with Crippen LogP contribution in [0.25, 0.3) is 45.4 Å². The van der Waals surface area contributed by atoms with Gasteiger partial charge in [-0.15, -0.1) is 22.7 Å². The first-order chi connectivity index (χ1) is 21.2. The van der Waals surface area contributed by atoms with Gasteiger partial charge in [-0.25, -0.2) is 9.97 Å². The molecular formula is C37H37F3N3S2+. The molecule has 0 amide bonds. The number of hydrogen-bond acceptors (Lipinski definition) is 4. The van der Waals surface area contributed by atoms with E-state index < -0.39 is 12.7 Å². The number of alkyl halides is 3. The van der Waals surface area contributed by atoms with Crippen LogP contribution in [0, 0.1) is 0 Å². The number of aromatic nitrogens is 3. The molecular weight excluding hydrogens is 608 g/mol. The van der Waals surface area contributed by atoms with Gasteiger partial charge in [-0.3, -0.25) is 0 Å². The van der Waals surface area contributed by atoms with Crippen molar-refractivity contribution in [1.29, 1.82) is 0 Å². The van der Waals surface area contributed by atoms with Crippen molar-refractivity contribution in [1.82, 2.24) is 9.97 Å². The fraction of sp³-hybridized carbons (Fsp3) is 0.270. The molecule has 3 nitrogen and oxygen atoms in total. The van der Waals surface area contributed by atoms with Gasteiger partial charge in [0.15, 0.2) is 0 Å². The molecule has 0 radical (unpaired) electrons. The summed E-state index contributed by atoms with van der Waals surface area (Å²) < 4.78 is 42.4. The lowest BCUT2D eigenvalue weighted by Gasteiger charge is -2.14. The third-order valence-electron chi connectivity index (χ3n) is 7.25. The molecule has 0 saturated carbocycles. The summed E-state index contributed by atoms with van der Waals surface area (Å²) in [5.41, 5.74) is 6.80. The number of halogens is 3. The van der Waals surface area contributed by atoms with Crippen molar-refractivity contribution >= 4 is 47.0 Å². The van der Waals surface area contributed by atoms with Gasteiger partial charge < -0.3 is 0 Å². The van der Waals surface area contributed by atoms with E-state index in [1.807, 2.05) is 60.7 Å². The molecule has 3 aromatic heterocycles.